The van der Waals surface area contributed by atoms with Gasteiger partial charge in [-0.1, -0.05) is 61.4 Å². The number of benzene rings is 3. The van der Waals surface area contributed by atoms with Gasteiger partial charge in [-0.3, -0.25) is 13.9 Å². The molecule has 0 fully saturated rings. The molecule has 9 nitrogen and oxygen atoms in total. The van der Waals surface area contributed by atoms with Crippen LogP contribution in [-0.2, 0) is 26.2 Å². The molecule has 42 heavy (non-hydrogen) atoms. The number of aryl methyl sites for hydroxylation is 2. The second kappa shape index (κ2) is 14.2. The molecule has 0 aliphatic heterocycles. The molecule has 3 rings (SSSR count). The Kier molecular flexibility index (Phi) is 11.0. The SMILES string of the molecule is COc1ccc(S(=O)(=O)N(CC(=O)N(Cc2ccc(C)cc2)C(C)C(=O)NCC(C)C)c2ccc(C)cc2)cc1OC. The first-order valence-corrected chi connectivity index (χ1v) is 15.3. The molecule has 1 N–H and O–H groups in total. The number of hydrogen-bond acceptors (Lipinski definition) is 6. The molecule has 1 unspecified atom stereocenters. The first kappa shape index (κ1) is 32.5. The van der Waals surface area contributed by atoms with Gasteiger partial charge in [0.1, 0.15) is 12.6 Å². The molecule has 0 saturated carbocycles. The molecule has 0 aliphatic carbocycles. The Morgan fingerprint density at radius 1 is 0.833 bits per heavy atom. The number of anilines is 1. The second-order valence-electron chi connectivity index (χ2n) is 10.7. The van der Waals surface area contributed by atoms with Crippen molar-refractivity contribution in [1.82, 2.24) is 10.2 Å². The van der Waals surface area contributed by atoms with Crippen molar-refractivity contribution in [2.24, 2.45) is 5.92 Å². The predicted molar refractivity (Wildman–Crippen MR) is 164 cm³/mol. The molecule has 0 aliphatic rings. The van der Waals surface area contributed by atoms with E-state index in [2.05, 4.69) is 5.32 Å². The van der Waals surface area contributed by atoms with Crippen molar-refractivity contribution in [2.45, 2.75) is 52.1 Å². The Morgan fingerprint density at radius 3 is 1.95 bits per heavy atom. The number of hydrogen-bond donors (Lipinski definition) is 1. The lowest BCUT2D eigenvalue weighted by Crippen LogP contribution is -2.51. The molecule has 1 atom stereocenters. The lowest BCUT2D eigenvalue weighted by molar-refractivity contribution is -0.139. The third kappa shape index (κ3) is 8.03. The summed E-state index contributed by atoms with van der Waals surface area (Å²) in [6.45, 7) is 9.55. The zero-order valence-electron chi connectivity index (χ0n) is 25.4. The van der Waals surface area contributed by atoms with Crippen LogP contribution in [0.3, 0.4) is 0 Å². The summed E-state index contributed by atoms with van der Waals surface area (Å²) in [4.78, 5) is 28.5. The van der Waals surface area contributed by atoms with Crippen molar-refractivity contribution in [2.75, 3.05) is 31.6 Å². The third-order valence-electron chi connectivity index (χ3n) is 6.87. The number of methoxy groups -OCH3 is 2. The van der Waals surface area contributed by atoms with E-state index in [0.29, 0.717) is 18.0 Å². The van der Waals surface area contributed by atoms with Crippen molar-refractivity contribution in [1.29, 1.82) is 0 Å². The topological polar surface area (TPSA) is 105 Å². The minimum Gasteiger partial charge on any atom is -0.493 e. The van der Waals surface area contributed by atoms with E-state index in [-0.39, 0.29) is 29.0 Å². The van der Waals surface area contributed by atoms with Crippen LogP contribution < -0.4 is 19.1 Å². The summed E-state index contributed by atoms with van der Waals surface area (Å²) >= 11 is 0. The monoisotopic (exact) mass is 595 g/mol. The van der Waals surface area contributed by atoms with Gasteiger partial charge in [-0.05, 0) is 56.5 Å². The number of carbonyl (C=O) groups is 2. The fraction of sp³-hybridized carbons (Fsp3) is 0.375. The summed E-state index contributed by atoms with van der Waals surface area (Å²) in [5, 5.41) is 2.89. The summed E-state index contributed by atoms with van der Waals surface area (Å²) in [5.41, 5.74) is 3.13. The average Bonchev–Trinajstić information content (AvgIpc) is 2.97. The third-order valence-corrected chi connectivity index (χ3v) is 8.64. The van der Waals surface area contributed by atoms with Crippen LogP contribution in [0.1, 0.15) is 37.5 Å². The molecule has 3 aromatic rings. The molecule has 10 heteroatoms. The highest BCUT2D eigenvalue weighted by atomic mass is 32.2. The standard InChI is InChI=1S/C32H41N3O6S/c1-22(2)19-33-32(37)25(5)34(20-26-12-8-23(3)9-13-26)31(36)21-35(27-14-10-24(4)11-15-27)42(38,39)28-16-17-29(40-6)30(18-28)41-7/h8-18,22,25H,19-21H2,1-7H3,(H,33,37). The number of amides is 2. The van der Waals surface area contributed by atoms with E-state index in [4.69, 9.17) is 9.47 Å². The number of ether oxygens (including phenoxy) is 2. The molecule has 2 amide bonds. The zero-order chi connectivity index (χ0) is 31.0. The summed E-state index contributed by atoms with van der Waals surface area (Å²) < 4.78 is 39.9. The quantitative estimate of drug-likeness (QED) is 0.307. The summed E-state index contributed by atoms with van der Waals surface area (Å²) in [7, 11) is -1.37. The van der Waals surface area contributed by atoms with Crippen LogP contribution in [0.5, 0.6) is 11.5 Å². The summed E-state index contributed by atoms with van der Waals surface area (Å²) in [5.74, 6) is 0.0115. The van der Waals surface area contributed by atoms with Crippen LogP contribution in [0.25, 0.3) is 0 Å². The predicted octanol–water partition coefficient (Wildman–Crippen LogP) is 4.71. The molecule has 0 heterocycles. The van der Waals surface area contributed by atoms with E-state index in [1.165, 1.54) is 37.3 Å². The largest absolute Gasteiger partial charge is 0.493 e. The fourth-order valence-electron chi connectivity index (χ4n) is 4.27. The normalized spacial score (nSPS) is 12.0. The minimum atomic E-state index is -4.25. The summed E-state index contributed by atoms with van der Waals surface area (Å²) in [6, 6.07) is 18.0. The van der Waals surface area contributed by atoms with Crippen molar-refractivity contribution in [3.05, 3.63) is 83.4 Å². The van der Waals surface area contributed by atoms with Crippen LogP contribution in [0.4, 0.5) is 5.69 Å². The second-order valence-corrected chi connectivity index (χ2v) is 12.5. The molecule has 3 aromatic carbocycles. The van der Waals surface area contributed by atoms with Crippen LogP contribution in [-0.4, -0.2) is 58.5 Å². The number of nitrogens with one attached hydrogen (secondary N) is 1. The summed E-state index contributed by atoms with van der Waals surface area (Å²) in [6.07, 6.45) is 0. The van der Waals surface area contributed by atoms with Crippen molar-refractivity contribution in [3.8, 4) is 11.5 Å². The van der Waals surface area contributed by atoms with E-state index >= 15 is 0 Å². The van der Waals surface area contributed by atoms with Gasteiger partial charge >= 0.3 is 0 Å². The molecular formula is C32H41N3O6S. The number of nitrogens with zero attached hydrogens (tertiary/aromatic N) is 2. The van der Waals surface area contributed by atoms with Crippen molar-refractivity contribution < 1.29 is 27.5 Å². The lowest BCUT2D eigenvalue weighted by atomic mass is 10.1. The van der Waals surface area contributed by atoms with Crippen LogP contribution >= 0.6 is 0 Å². The first-order chi connectivity index (χ1) is 19.9. The molecule has 0 radical (unpaired) electrons. The zero-order valence-corrected chi connectivity index (χ0v) is 26.2. The van der Waals surface area contributed by atoms with E-state index in [0.717, 1.165) is 21.0 Å². The average molecular weight is 596 g/mol. The maximum absolute atomic E-state index is 14.1. The Balaban J connectivity index is 2.04. The molecule has 0 spiro atoms. The Hall–Kier alpha value is -4.05. The first-order valence-electron chi connectivity index (χ1n) is 13.8. The van der Waals surface area contributed by atoms with Gasteiger partial charge in [0.05, 0.1) is 24.8 Å². The van der Waals surface area contributed by atoms with Gasteiger partial charge in [-0.2, -0.15) is 0 Å². The molecule has 226 valence electrons. The van der Waals surface area contributed by atoms with Gasteiger partial charge in [-0.25, -0.2) is 8.42 Å². The smallest absolute Gasteiger partial charge is 0.264 e. The molecule has 0 bridgehead atoms. The van der Waals surface area contributed by atoms with Crippen molar-refractivity contribution >= 4 is 27.5 Å². The highest BCUT2D eigenvalue weighted by Gasteiger charge is 2.33. The highest BCUT2D eigenvalue weighted by molar-refractivity contribution is 7.92. The highest BCUT2D eigenvalue weighted by Crippen LogP contribution is 2.32. The van der Waals surface area contributed by atoms with Crippen LogP contribution in [0.15, 0.2) is 71.6 Å². The van der Waals surface area contributed by atoms with Gasteiger partial charge in [0, 0.05) is 19.2 Å². The maximum Gasteiger partial charge on any atom is 0.264 e. The number of sulfonamides is 1. The van der Waals surface area contributed by atoms with Gasteiger partial charge in [-0.15, -0.1) is 0 Å². The molecular weight excluding hydrogens is 554 g/mol. The van der Waals surface area contributed by atoms with Crippen LogP contribution in [0.2, 0.25) is 0 Å². The van der Waals surface area contributed by atoms with E-state index in [1.54, 1.807) is 31.2 Å². The minimum absolute atomic E-state index is 0.0682. The Bertz CT molecular complexity index is 1470. The molecule has 0 aromatic heterocycles. The van der Waals surface area contributed by atoms with Gasteiger partial charge < -0.3 is 19.7 Å². The van der Waals surface area contributed by atoms with Crippen molar-refractivity contribution in [3.63, 3.8) is 0 Å². The van der Waals surface area contributed by atoms with Crippen LogP contribution in [0, 0.1) is 19.8 Å². The van der Waals surface area contributed by atoms with Gasteiger partial charge in [0.2, 0.25) is 11.8 Å². The Morgan fingerprint density at radius 2 is 1.40 bits per heavy atom. The van der Waals surface area contributed by atoms with Gasteiger partial charge in [0.25, 0.3) is 10.0 Å². The Labute approximate surface area is 249 Å². The maximum atomic E-state index is 14.1. The van der Waals surface area contributed by atoms with E-state index in [1.807, 2.05) is 52.0 Å². The molecule has 0 saturated heterocycles. The number of rotatable bonds is 13. The van der Waals surface area contributed by atoms with Gasteiger partial charge in [0.15, 0.2) is 11.5 Å². The van der Waals surface area contributed by atoms with E-state index < -0.39 is 28.5 Å². The fourth-order valence-corrected chi connectivity index (χ4v) is 5.70. The number of carbonyl (C=O) groups excluding carboxylic acids is 2. The lowest BCUT2D eigenvalue weighted by Gasteiger charge is -2.32. The van der Waals surface area contributed by atoms with E-state index in [9.17, 15) is 18.0 Å².